The van der Waals surface area contributed by atoms with E-state index in [0.29, 0.717) is 16.8 Å². The zero-order valence-electron chi connectivity index (χ0n) is 17.2. The number of alkyl halides is 3. The Hall–Kier alpha value is -3.73. The van der Waals surface area contributed by atoms with Crippen molar-refractivity contribution < 1.29 is 27.6 Å². The SMILES string of the molecule is O=C1NCCc2c1c(Br)c(-c1ccnc(-c3cnc4ccccc4c3)c1)n2OC(=O)C(F)(F)F. The van der Waals surface area contributed by atoms with Crippen LogP contribution in [-0.2, 0) is 11.2 Å². The average molecular weight is 531 g/mol. The van der Waals surface area contributed by atoms with E-state index >= 15 is 0 Å². The summed E-state index contributed by atoms with van der Waals surface area (Å²) in [5.41, 5.74) is 2.75. The average Bonchev–Trinajstić information content (AvgIpc) is 3.10. The second-order valence-electron chi connectivity index (χ2n) is 7.51. The van der Waals surface area contributed by atoms with Crippen molar-refractivity contribution in [2.75, 3.05) is 6.54 Å². The number of aromatic nitrogens is 3. The summed E-state index contributed by atoms with van der Waals surface area (Å²) in [4.78, 5) is 37.7. The summed E-state index contributed by atoms with van der Waals surface area (Å²) in [5, 5.41) is 3.53. The van der Waals surface area contributed by atoms with Gasteiger partial charge in [0.15, 0.2) is 0 Å². The molecule has 0 saturated heterocycles. The van der Waals surface area contributed by atoms with E-state index in [2.05, 4.69) is 31.2 Å². The maximum absolute atomic E-state index is 13.0. The molecule has 5 rings (SSSR count). The third kappa shape index (κ3) is 3.81. The predicted molar refractivity (Wildman–Crippen MR) is 120 cm³/mol. The molecule has 1 aliphatic rings. The number of pyridine rings is 2. The molecule has 0 atom stereocenters. The number of hydrogen-bond acceptors (Lipinski definition) is 5. The number of fused-ring (bicyclic) bond motifs is 2. The molecule has 4 heterocycles. The molecule has 34 heavy (non-hydrogen) atoms. The Labute approximate surface area is 198 Å². The van der Waals surface area contributed by atoms with E-state index in [4.69, 9.17) is 4.84 Å². The van der Waals surface area contributed by atoms with Crippen LogP contribution < -0.4 is 10.2 Å². The molecule has 3 aromatic heterocycles. The summed E-state index contributed by atoms with van der Waals surface area (Å²) < 4.78 is 40.0. The molecule has 11 heteroatoms. The number of para-hydroxylation sites is 1. The molecular weight excluding hydrogens is 517 g/mol. The summed E-state index contributed by atoms with van der Waals surface area (Å²) in [5.74, 6) is -2.87. The van der Waals surface area contributed by atoms with Crippen molar-refractivity contribution in [1.29, 1.82) is 0 Å². The monoisotopic (exact) mass is 530 g/mol. The van der Waals surface area contributed by atoms with Gasteiger partial charge in [0.1, 0.15) is 5.69 Å². The molecule has 1 amide bonds. The zero-order chi connectivity index (χ0) is 24.0. The van der Waals surface area contributed by atoms with Crippen LogP contribution in [0.4, 0.5) is 13.2 Å². The Kier molecular flexibility index (Phi) is 5.35. The van der Waals surface area contributed by atoms with E-state index in [0.717, 1.165) is 15.6 Å². The van der Waals surface area contributed by atoms with Gasteiger partial charge in [-0.25, -0.2) is 4.79 Å². The van der Waals surface area contributed by atoms with Crippen LogP contribution in [0.25, 0.3) is 33.4 Å². The topological polar surface area (TPSA) is 86.1 Å². The van der Waals surface area contributed by atoms with E-state index in [9.17, 15) is 22.8 Å². The lowest BCUT2D eigenvalue weighted by Crippen LogP contribution is -2.37. The summed E-state index contributed by atoms with van der Waals surface area (Å²) in [6.07, 6.45) is -1.91. The van der Waals surface area contributed by atoms with Crippen LogP contribution in [0.3, 0.4) is 0 Å². The van der Waals surface area contributed by atoms with Crippen molar-refractivity contribution in [3.63, 3.8) is 0 Å². The van der Waals surface area contributed by atoms with Crippen LogP contribution in [0.5, 0.6) is 0 Å². The molecule has 1 aliphatic heterocycles. The minimum Gasteiger partial charge on any atom is -0.352 e. The largest absolute Gasteiger partial charge is 0.493 e. The van der Waals surface area contributed by atoms with Gasteiger partial charge in [-0.2, -0.15) is 17.9 Å². The summed E-state index contributed by atoms with van der Waals surface area (Å²) >= 11 is 3.33. The molecule has 1 N–H and O–H groups in total. The van der Waals surface area contributed by atoms with Crippen molar-refractivity contribution in [3.8, 4) is 22.5 Å². The van der Waals surface area contributed by atoms with Gasteiger partial charge in [-0.3, -0.25) is 14.8 Å². The van der Waals surface area contributed by atoms with Gasteiger partial charge in [0.25, 0.3) is 5.91 Å². The number of nitrogens with one attached hydrogen (secondary N) is 1. The Morgan fingerprint density at radius 3 is 2.71 bits per heavy atom. The predicted octanol–water partition coefficient (Wildman–Crippen LogP) is 4.33. The van der Waals surface area contributed by atoms with Gasteiger partial charge in [-0.1, -0.05) is 18.2 Å². The van der Waals surface area contributed by atoms with Gasteiger partial charge in [0.05, 0.1) is 26.9 Å². The number of nitrogens with zero attached hydrogens (tertiary/aromatic N) is 3. The maximum atomic E-state index is 13.0. The number of amides is 1. The van der Waals surface area contributed by atoms with Gasteiger partial charge in [-0.05, 0) is 40.2 Å². The second kappa shape index (κ2) is 8.24. The van der Waals surface area contributed by atoms with E-state index in [1.54, 1.807) is 18.3 Å². The zero-order valence-corrected chi connectivity index (χ0v) is 18.8. The fourth-order valence-corrected chi connectivity index (χ4v) is 4.64. The first-order valence-electron chi connectivity index (χ1n) is 10.1. The molecule has 0 saturated carbocycles. The first-order chi connectivity index (χ1) is 16.2. The lowest BCUT2D eigenvalue weighted by atomic mass is 10.1. The molecule has 0 bridgehead atoms. The normalized spacial score (nSPS) is 13.5. The first kappa shape index (κ1) is 22.1. The number of hydrogen-bond donors (Lipinski definition) is 1. The lowest BCUT2D eigenvalue weighted by molar-refractivity contribution is -0.199. The number of carbonyl (C=O) groups excluding carboxylic acids is 2. The van der Waals surface area contributed by atoms with Crippen molar-refractivity contribution in [2.45, 2.75) is 12.6 Å². The molecule has 0 aliphatic carbocycles. The molecule has 0 fully saturated rings. The van der Waals surface area contributed by atoms with Crippen LogP contribution in [0, 0.1) is 0 Å². The van der Waals surface area contributed by atoms with Crippen molar-refractivity contribution >= 4 is 38.7 Å². The van der Waals surface area contributed by atoms with Gasteiger partial charge in [0.2, 0.25) is 0 Å². The van der Waals surface area contributed by atoms with Gasteiger partial charge in [0, 0.05) is 41.9 Å². The molecule has 1 aromatic carbocycles. The third-order valence-corrected chi connectivity index (χ3v) is 6.14. The van der Waals surface area contributed by atoms with Gasteiger partial charge < -0.3 is 10.2 Å². The molecule has 0 unspecified atom stereocenters. The van der Waals surface area contributed by atoms with Crippen molar-refractivity contribution in [2.24, 2.45) is 0 Å². The molecular formula is C23H14BrF3N4O3. The molecule has 0 radical (unpaired) electrons. The summed E-state index contributed by atoms with van der Waals surface area (Å²) in [7, 11) is 0. The summed E-state index contributed by atoms with van der Waals surface area (Å²) in [6.45, 7) is 0.190. The number of rotatable bonds is 3. The molecule has 172 valence electrons. The highest BCUT2D eigenvalue weighted by Crippen LogP contribution is 2.38. The second-order valence-corrected chi connectivity index (χ2v) is 8.30. The van der Waals surface area contributed by atoms with Crippen LogP contribution in [0.15, 0.2) is 59.3 Å². The van der Waals surface area contributed by atoms with Gasteiger partial charge >= 0.3 is 12.1 Å². The van der Waals surface area contributed by atoms with E-state index < -0.39 is 18.1 Å². The third-order valence-electron chi connectivity index (χ3n) is 5.36. The lowest BCUT2D eigenvalue weighted by Gasteiger charge is -2.17. The Morgan fingerprint density at radius 1 is 1.12 bits per heavy atom. The highest BCUT2D eigenvalue weighted by atomic mass is 79.9. The van der Waals surface area contributed by atoms with Crippen LogP contribution in [0.2, 0.25) is 0 Å². The van der Waals surface area contributed by atoms with Gasteiger partial charge in [-0.15, -0.1) is 0 Å². The fraction of sp³-hybridized carbons (Fsp3) is 0.130. The first-order valence-corrected chi connectivity index (χ1v) is 10.9. The maximum Gasteiger partial charge on any atom is 0.493 e. The quantitative estimate of drug-likeness (QED) is 0.426. The van der Waals surface area contributed by atoms with Crippen molar-refractivity contribution in [1.82, 2.24) is 20.0 Å². The number of benzene rings is 1. The smallest absolute Gasteiger partial charge is 0.352 e. The Morgan fingerprint density at radius 2 is 1.91 bits per heavy atom. The number of halogens is 4. The molecule has 7 nitrogen and oxygen atoms in total. The summed E-state index contributed by atoms with van der Waals surface area (Å²) in [6, 6.07) is 12.6. The standard InChI is InChI=1S/C23H14BrF3N4O3/c24-19-18-17(6-8-29-21(18)32)31(34-22(33)23(25,26)27)20(19)13-5-7-28-16(10-13)14-9-12-3-1-2-4-15(12)30-11-14/h1-5,7,9-11H,6,8H2,(H,29,32). The van der Waals surface area contributed by atoms with Crippen LogP contribution >= 0.6 is 15.9 Å². The van der Waals surface area contributed by atoms with E-state index in [1.165, 1.54) is 6.20 Å². The van der Waals surface area contributed by atoms with Crippen LogP contribution in [-0.4, -0.2) is 39.3 Å². The Bertz CT molecular complexity index is 1470. The minimum atomic E-state index is -5.21. The van der Waals surface area contributed by atoms with Crippen molar-refractivity contribution in [3.05, 3.63) is 70.6 Å². The van der Waals surface area contributed by atoms with E-state index in [-0.39, 0.29) is 34.4 Å². The molecule has 0 spiro atoms. The fourth-order valence-electron chi connectivity index (χ4n) is 3.84. The minimum absolute atomic E-state index is 0.0945. The highest BCUT2D eigenvalue weighted by Gasteiger charge is 2.43. The number of carbonyl (C=O) groups is 2. The van der Waals surface area contributed by atoms with Crippen LogP contribution in [0.1, 0.15) is 16.1 Å². The highest BCUT2D eigenvalue weighted by molar-refractivity contribution is 9.10. The molecule has 4 aromatic rings. The van der Waals surface area contributed by atoms with E-state index in [1.807, 2.05) is 30.3 Å². The Balaban J connectivity index is 1.66.